The largest absolute Gasteiger partial charge is 0.481 e. The lowest BCUT2D eigenvalue weighted by atomic mass is 9.76. The zero-order chi connectivity index (χ0) is 18.9. The molecule has 2 aromatic rings. The van der Waals surface area contributed by atoms with Crippen molar-refractivity contribution >= 4 is 23.5 Å². The van der Waals surface area contributed by atoms with Crippen LogP contribution in [-0.2, 0) is 9.59 Å². The Balaban J connectivity index is 2.23. The molecule has 1 aliphatic carbocycles. The Morgan fingerprint density at radius 2 is 1.88 bits per heavy atom. The molecule has 1 aliphatic rings. The van der Waals surface area contributed by atoms with Crippen LogP contribution in [0.25, 0.3) is 16.8 Å². The summed E-state index contributed by atoms with van der Waals surface area (Å²) in [5.41, 5.74) is 6.65. The summed E-state index contributed by atoms with van der Waals surface area (Å²) in [5, 5.41) is 19.0. The van der Waals surface area contributed by atoms with Gasteiger partial charge < -0.3 is 15.9 Å². The van der Waals surface area contributed by atoms with Crippen molar-refractivity contribution in [3.05, 3.63) is 59.8 Å². The number of allylic oxidation sites excluding steroid dienone is 2. The normalized spacial score (nSPS) is 19.4. The minimum atomic E-state index is -1.34. The highest BCUT2D eigenvalue weighted by molar-refractivity contribution is 5.97. The summed E-state index contributed by atoms with van der Waals surface area (Å²) in [4.78, 5) is 31.5. The van der Waals surface area contributed by atoms with Crippen LogP contribution in [-0.4, -0.2) is 32.1 Å². The Bertz CT molecular complexity index is 951. The topological polar surface area (TPSA) is 126 Å². The van der Waals surface area contributed by atoms with E-state index in [-0.39, 0.29) is 17.9 Å². The number of anilines is 1. The Morgan fingerprint density at radius 3 is 2.50 bits per heavy atom. The Labute approximate surface area is 149 Å². The van der Waals surface area contributed by atoms with Crippen molar-refractivity contribution in [1.29, 1.82) is 0 Å². The fourth-order valence-corrected chi connectivity index (χ4v) is 2.92. The molecule has 1 heterocycles. The zero-order valence-corrected chi connectivity index (χ0v) is 14.0. The molecule has 0 fully saturated rings. The highest BCUT2D eigenvalue weighted by Gasteiger charge is 2.37. The summed E-state index contributed by atoms with van der Waals surface area (Å²) in [7, 11) is 0. The number of hydrogen-bond donors (Lipinski definition) is 3. The maximum Gasteiger partial charge on any atom is 0.331 e. The molecule has 0 saturated heterocycles. The van der Waals surface area contributed by atoms with Crippen molar-refractivity contribution in [2.75, 3.05) is 5.73 Å². The molecule has 26 heavy (non-hydrogen) atoms. The van der Waals surface area contributed by atoms with Crippen LogP contribution in [0.3, 0.4) is 0 Å². The molecule has 1 aromatic heterocycles. The van der Waals surface area contributed by atoms with E-state index in [1.807, 2.05) is 30.3 Å². The number of nitrogens with two attached hydrogens (primary N) is 1. The Kier molecular flexibility index (Phi) is 4.29. The summed E-state index contributed by atoms with van der Waals surface area (Å²) in [5.74, 6) is -2.17. The van der Waals surface area contributed by atoms with E-state index in [4.69, 9.17) is 5.73 Å². The van der Waals surface area contributed by atoms with Crippen molar-refractivity contribution < 1.29 is 19.8 Å². The molecule has 0 amide bonds. The van der Waals surface area contributed by atoms with E-state index in [2.05, 4.69) is 9.97 Å². The van der Waals surface area contributed by atoms with Crippen LogP contribution in [0.5, 0.6) is 0 Å². The number of hydrogen-bond acceptors (Lipinski definition) is 5. The zero-order valence-electron chi connectivity index (χ0n) is 14.0. The fraction of sp³-hybridized carbons (Fsp3) is 0.158. The lowest BCUT2D eigenvalue weighted by Crippen LogP contribution is -2.29. The van der Waals surface area contributed by atoms with Crippen molar-refractivity contribution in [2.24, 2.45) is 5.41 Å². The van der Waals surface area contributed by atoms with Crippen LogP contribution in [0.4, 0.5) is 5.95 Å². The molecule has 1 atom stereocenters. The van der Waals surface area contributed by atoms with Gasteiger partial charge in [0, 0.05) is 22.9 Å². The number of carboxylic acids is 2. The van der Waals surface area contributed by atoms with Gasteiger partial charge in [-0.2, -0.15) is 0 Å². The van der Waals surface area contributed by atoms with Crippen LogP contribution in [0.15, 0.2) is 54.3 Å². The minimum absolute atomic E-state index is 0.0169. The van der Waals surface area contributed by atoms with E-state index in [0.717, 1.165) is 5.56 Å². The quantitative estimate of drug-likeness (QED) is 0.772. The number of benzene rings is 1. The molecular weight excluding hydrogens is 334 g/mol. The summed E-state index contributed by atoms with van der Waals surface area (Å²) in [6.45, 7) is 1.49. The lowest BCUT2D eigenvalue weighted by Gasteiger charge is -2.27. The van der Waals surface area contributed by atoms with Gasteiger partial charge in [-0.15, -0.1) is 0 Å². The van der Waals surface area contributed by atoms with Crippen molar-refractivity contribution in [1.82, 2.24) is 9.97 Å². The number of rotatable bonds is 4. The average molecular weight is 351 g/mol. The number of carboxylic acid groups (broad SMARTS) is 2. The van der Waals surface area contributed by atoms with Crippen LogP contribution in [0, 0.1) is 5.41 Å². The summed E-state index contributed by atoms with van der Waals surface area (Å²) in [6.07, 6.45) is 4.40. The predicted octanol–water partition coefficient (Wildman–Crippen LogP) is 2.61. The number of aliphatic carboxylic acids is 2. The van der Waals surface area contributed by atoms with Gasteiger partial charge in [-0.3, -0.25) is 4.79 Å². The molecule has 0 spiro atoms. The highest BCUT2D eigenvalue weighted by atomic mass is 16.4. The van der Waals surface area contributed by atoms with E-state index in [0.29, 0.717) is 16.8 Å². The van der Waals surface area contributed by atoms with Gasteiger partial charge in [0.05, 0.1) is 11.1 Å². The monoisotopic (exact) mass is 351 g/mol. The molecule has 1 unspecified atom stereocenters. The molecule has 1 aromatic carbocycles. The second-order valence-electron chi connectivity index (χ2n) is 6.33. The summed E-state index contributed by atoms with van der Waals surface area (Å²) in [6, 6.07) is 9.22. The van der Waals surface area contributed by atoms with Gasteiger partial charge in [0.1, 0.15) is 0 Å². The third-order valence-electron chi connectivity index (χ3n) is 4.29. The number of nitrogen functional groups attached to an aromatic ring is 1. The third kappa shape index (κ3) is 3.19. The molecule has 4 N–H and O–H groups in total. The predicted molar refractivity (Wildman–Crippen MR) is 95.9 cm³/mol. The standard InChI is InChI=1S/C19H17N3O4/c1-19(17(25)26)8-12(7-13(9-19)16(23)24)14-10-21-18(20)22-15(14)11-5-3-2-4-6-11/h2-8,10H,9H2,1H3,(H,23,24)(H,25,26)(H2,20,21,22). The molecule has 3 rings (SSSR count). The van der Waals surface area contributed by atoms with Gasteiger partial charge in [0.2, 0.25) is 5.95 Å². The van der Waals surface area contributed by atoms with E-state index >= 15 is 0 Å². The maximum atomic E-state index is 11.7. The molecule has 132 valence electrons. The Hall–Kier alpha value is -3.48. The number of carbonyl (C=O) groups is 2. The van der Waals surface area contributed by atoms with Crippen molar-refractivity contribution in [3.63, 3.8) is 0 Å². The second-order valence-corrected chi connectivity index (χ2v) is 6.33. The molecule has 0 radical (unpaired) electrons. The first-order valence-corrected chi connectivity index (χ1v) is 7.88. The van der Waals surface area contributed by atoms with Gasteiger partial charge in [-0.05, 0) is 25.0 Å². The first-order valence-electron chi connectivity index (χ1n) is 7.88. The Morgan fingerprint density at radius 1 is 1.19 bits per heavy atom. The van der Waals surface area contributed by atoms with E-state index in [9.17, 15) is 19.8 Å². The van der Waals surface area contributed by atoms with Gasteiger partial charge in [-0.1, -0.05) is 36.4 Å². The molecular formula is C19H17N3O4. The third-order valence-corrected chi connectivity index (χ3v) is 4.29. The van der Waals surface area contributed by atoms with Gasteiger partial charge in [0.15, 0.2) is 0 Å². The van der Waals surface area contributed by atoms with Gasteiger partial charge in [0.25, 0.3) is 0 Å². The first-order chi connectivity index (χ1) is 12.3. The second kappa shape index (κ2) is 6.44. The van der Waals surface area contributed by atoms with Crippen molar-refractivity contribution in [2.45, 2.75) is 13.3 Å². The number of aromatic nitrogens is 2. The van der Waals surface area contributed by atoms with E-state index in [1.165, 1.54) is 19.2 Å². The fourth-order valence-electron chi connectivity index (χ4n) is 2.92. The minimum Gasteiger partial charge on any atom is -0.481 e. The molecule has 7 heteroatoms. The van der Waals surface area contributed by atoms with Crippen LogP contribution >= 0.6 is 0 Å². The van der Waals surface area contributed by atoms with Crippen LogP contribution < -0.4 is 5.73 Å². The molecule has 7 nitrogen and oxygen atoms in total. The van der Waals surface area contributed by atoms with E-state index < -0.39 is 17.4 Å². The van der Waals surface area contributed by atoms with Gasteiger partial charge >= 0.3 is 11.9 Å². The summed E-state index contributed by atoms with van der Waals surface area (Å²) < 4.78 is 0. The van der Waals surface area contributed by atoms with Crippen LogP contribution in [0.2, 0.25) is 0 Å². The van der Waals surface area contributed by atoms with Gasteiger partial charge in [-0.25, -0.2) is 14.8 Å². The van der Waals surface area contributed by atoms with E-state index in [1.54, 1.807) is 6.08 Å². The first kappa shape index (κ1) is 17.3. The lowest BCUT2D eigenvalue weighted by molar-refractivity contribution is -0.145. The maximum absolute atomic E-state index is 11.7. The molecule has 0 bridgehead atoms. The molecule has 0 saturated carbocycles. The summed E-state index contributed by atoms with van der Waals surface area (Å²) >= 11 is 0. The van der Waals surface area contributed by atoms with Crippen LogP contribution in [0.1, 0.15) is 18.9 Å². The smallest absolute Gasteiger partial charge is 0.331 e. The highest BCUT2D eigenvalue weighted by Crippen LogP contribution is 2.39. The SMILES string of the molecule is CC1(C(=O)O)C=C(c2cnc(N)nc2-c2ccccc2)C=C(C(=O)O)C1. The average Bonchev–Trinajstić information content (AvgIpc) is 2.61. The molecule has 0 aliphatic heterocycles. The number of nitrogens with zero attached hydrogens (tertiary/aromatic N) is 2. The van der Waals surface area contributed by atoms with Crippen molar-refractivity contribution in [3.8, 4) is 11.3 Å².